The van der Waals surface area contributed by atoms with Gasteiger partial charge in [-0.15, -0.1) is 0 Å². The van der Waals surface area contributed by atoms with Crippen molar-refractivity contribution >= 4 is 5.91 Å². The molecule has 2 rings (SSSR count). The van der Waals surface area contributed by atoms with E-state index in [1.807, 2.05) is 23.1 Å². The second-order valence-electron chi connectivity index (χ2n) is 5.11. The van der Waals surface area contributed by atoms with E-state index in [1.54, 1.807) is 7.11 Å². The fourth-order valence-electron chi connectivity index (χ4n) is 2.34. The average molecular weight is 247 g/mol. The number of hydrogen-bond donors (Lipinski definition) is 0. The standard InChI is InChI=1S/C15H21NO2/c1-11(2)12-6-7-14(18-3)13(10-12)15(17)16-8-4-5-9-16/h6-7,10-11H,4-5,8-9H2,1-3H3. The summed E-state index contributed by atoms with van der Waals surface area (Å²) in [6.07, 6.45) is 2.22. The van der Waals surface area contributed by atoms with Crippen molar-refractivity contribution in [3.05, 3.63) is 29.3 Å². The Balaban J connectivity index is 2.33. The van der Waals surface area contributed by atoms with Crippen LogP contribution in [0.2, 0.25) is 0 Å². The third-order valence-electron chi connectivity index (χ3n) is 3.51. The number of rotatable bonds is 3. The monoisotopic (exact) mass is 247 g/mol. The number of hydrogen-bond acceptors (Lipinski definition) is 2. The lowest BCUT2D eigenvalue weighted by Gasteiger charge is -2.18. The molecule has 1 aromatic rings. The Labute approximate surface area is 109 Å². The summed E-state index contributed by atoms with van der Waals surface area (Å²) in [5.41, 5.74) is 1.88. The molecule has 18 heavy (non-hydrogen) atoms. The first kappa shape index (κ1) is 12.9. The lowest BCUT2D eigenvalue weighted by atomic mass is 9.99. The van der Waals surface area contributed by atoms with Gasteiger partial charge >= 0.3 is 0 Å². The van der Waals surface area contributed by atoms with E-state index >= 15 is 0 Å². The van der Waals surface area contributed by atoms with Crippen molar-refractivity contribution in [1.82, 2.24) is 4.90 Å². The summed E-state index contributed by atoms with van der Waals surface area (Å²) in [5.74, 6) is 1.20. The minimum atomic E-state index is 0.104. The van der Waals surface area contributed by atoms with Crippen LogP contribution in [0.25, 0.3) is 0 Å². The molecule has 0 unspecified atom stereocenters. The van der Waals surface area contributed by atoms with Gasteiger partial charge in [-0.2, -0.15) is 0 Å². The molecule has 1 fully saturated rings. The van der Waals surface area contributed by atoms with Crippen LogP contribution < -0.4 is 4.74 Å². The minimum Gasteiger partial charge on any atom is -0.496 e. The van der Waals surface area contributed by atoms with E-state index in [-0.39, 0.29) is 5.91 Å². The highest BCUT2D eigenvalue weighted by atomic mass is 16.5. The predicted molar refractivity (Wildman–Crippen MR) is 72.2 cm³/mol. The first-order chi connectivity index (χ1) is 8.63. The fraction of sp³-hybridized carbons (Fsp3) is 0.533. The highest BCUT2D eigenvalue weighted by molar-refractivity contribution is 5.97. The van der Waals surface area contributed by atoms with E-state index in [1.165, 1.54) is 5.56 Å². The highest BCUT2D eigenvalue weighted by Crippen LogP contribution is 2.26. The predicted octanol–water partition coefficient (Wildman–Crippen LogP) is 3.05. The van der Waals surface area contributed by atoms with Gasteiger partial charge in [0, 0.05) is 13.1 Å². The zero-order valence-corrected chi connectivity index (χ0v) is 11.4. The molecule has 3 nitrogen and oxygen atoms in total. The summed E-state index contributed by atoms with van der Waals surface area (Å²) in [5, 5.41) is 0. The topological polar surface area (TPSA) is 29.5 Å². The second-order valence-corrected chi connectivity index (χ2v) is 5.11. The van der Waals surface area contributed by atoms with Gasteiger partial charge in [-0.05, 0) is 36.5 Å². The minimum absolute atomic E-state index is 0.104. The molecule has 1 aromatic carbocycles. The van der Waals surface area contributed by atoms with Gasteiger partial charge in [-0.1, -0.05) is 19.9 Å². The van der Waals surface area contributed by atoms with Crippen molar-refractivity contribution in [3.63, 3.8) is 0 Å². The van der Waals surface area contributed by atoms with Crippen LogP contribution in [-0.2, 0) is 0 Å². The maximum atomic E-state index is 12.4. The second kappa shape index (κ2) is 5.42. The molecule has 0 bridgehead atoms. The Morgan fingerprint density at radius 2 is 1.94 bits per heavy atom. The van der Waals surface area contributed by atoms with E-state index in [0.29, 0.717) is 17.2 Å². The quantitative estimate of drug-likeness (QED) is 0.821. The number of methoxy groups -OCH3 is 1. The van der Waals surface area contributed by atoms with Crippen LogP contribution in [0, 0.1) is 0 Å². The van der Waals surface area contributed by atoms with Gasteiger partial charge in [0.25, 0.3) is 5.91 Å². The van der Waals surface area contributed by atoms with Crippen molar-refractivity contribution < 1.29 is 9.53 Å². The van der Waals surface area contributed by atoms with Crippen molar-refractivity contribution in [3.8, 4) is 5.75 Å². The third kappa shape index (κ3) is 2.50. The smallest absolute Gasteiger partial charge is 0.257 e. The van der Waals surface area contributed by atoms with Crippen LogP contribution in [-0.4, -0.2) is 31.0 Å². The van der Waals surface area contributed by atoms with Gasteiger partial charge in [0.2, 0.25) is 0 Å². The number of carbonyl (C=O) groups excluding carboxylic acids is 1. The van der Waals surface area contributed by atoms with Crippen LogP contribution in [0.1, 0.15) is 48.5 Å². The molecule has 1 aliphatic heterocycles. The zero-order chi connectivity index (χ0) is 13.1. The Bertz CT molecular complexity index is 434. The lowest BCUT2D eigenvalue weighted by molar-refractivity contribution is 0.0789. The summed E-state index contributed by atoms with van der Waals surface area (Å²) in [4.78, 5) is 14.4. The molecule has 1 aliphatic rings. The van der Waals surface area contributed by atoms with Crippen LogP contribution in [0.5, 0.6) is 5.75 Å². The van der Waals surface area contributed by atoms with Crippen LogP contribution in [0.15, 0.2) is 18.2 Å². The Morgan fingerprint density at radius 3 is 2.50 bits per heavy atom. The molecule has 0 spiro atoms. The summed E-state index contributed by atoms with van der Waals surface area (Å²) >= 11 is 0. The summed E-state index contributed by atoms with van der Waals surface area (Å²) in [7, 11) is 1.62. The molecule has 0 atom stereocenters. The van der Waals surface area contributed by atoms with E-state index in [2.05, 4.69) is 13.8 Å². The van der Waals surface area contributed by atoms with E-state index in [4.69, 9.17) is 4.74 Å². The lowest BCUT2D eigenvalue weighted by Crippen LogP contribution is -2.28. The zero-order valence-electron chi connectivity index (χ0n) is 11.4. The largest absolute Gasteiger partial charge is 0.496 e. The first-order valence-corrected chi connectivity index (χ1v) is 6.60. The van der Waals surface area contributed by atoms with Gasteiger partial charge in [0.1, 0.15) is 5.75 Å². The number of amides is 1. The maximum absolute atomic E-state index is 12.4. The van der Waals surface area contributed by atoms with Crippen LogP contribution in [0.4, 0.5) is 0 Å². The molecule has 0 aromatic heterocycles. The van der Waals surface area contributed by atoms with Crippen molar-refractivity contribution in [2.45, 2.75) is 32.6 Å². The normalized spacial score (nSPS) is 15.2. The average Bonchev–Trinajstić information content (AvgIpc) is 2.90. The number of nitrogens with zero attached hydrogens (tertiary/aromatic N) is 1. The molecule has 1 saturated heterocycles. The fourth-order valence-corrected chi connectivity index (χ4v) is 2.34. The van der Waals surface area contributed by atoms with Crippen molar-refractivity contribution in [2.24, 2.45) is 0 Å². The summed E-state index contributed by atoms with van der Waals surface area (Å²) < 4.78 is 5.31. The van der Waals surface area contributed by atoms with Gasteiger partial charge in [-0.25, -0.2) is 0 Å². The molecule has 0 radical (unpaired) electrons. The molecular formula is C15H21NO2. The Hall–Kier alpha value is -1.51. The van der Waals surface area contributed by atoms with Gasteiger partial charge in [-0.3, -0.25) is 4.79 Å². The third-order valence-corrected chi connectivity index (χ3v) is 3.51. The van der Waals surface area contributed by atoms with E-state index in [0.717, 1.165) is 25.9 Å². The van der Waals surface area contributed by atoms with E-state index < -0.39 is 0 Å². The van der Waals surface area contributed by atoms with Crippen LogP contribution >= 0.6 is 0 Å². The van der Waals surface area contributed by atoms with Crippen molar-refractivity contribution in [1.29, 1.82) is 0 Å². The maximum Gasteiger partial charge on any atom is 0.257 e. The molecule has 98 valence electrons. The number of ether oxygens (including phenoxy) is 1. The SMILES string of the molecule is COc1ccc(C(C)C)cc1C(=O)N1CCCC1. The number of carbonyl (C=O) groups is 1. The number of likely N-dealkylation sites (tertiary alicyclic amines) is 1. The van der Waals surface area contributed by atoms with Crippen LogP contribution in [0.3, 0.4) is 0 Å². The Morgan fingerprint density at radius 1 is 1.28 bits per heavy atom. The molecule has 0 aliphatic carbocycles. The summed E-state index contributed by atoms with van der Waals surface area (Å²) in [6.45, 7) is 6.00. The highest BCUT2D eigenvalue weighted by Gasteiger charge is 2.22. The van der Waals surface area contributed by atoms with Gasteiger partial charge in [0.05, 0.1) is 12.7 Å². The summed E-state index contributed by atoms with van der Waals surface area (Å²) in [6, 6.07) is 5.91. The van der Waals surface area contributed by atoms with Gasteiger partial charge in [0.15, 0.2) is 0 Å². The molecule has 3 heteroatoms. The van der Waals surface area contributed by atoms with Crippen molar-refractivity contribution in [2.75, 3.05) is 20.2 Å². The molecule has 0 saturated carbocycles. The molecule has 1 heterocycles. The van der Waals surface area contributed by atoms with Gasteiger partial charge < -0.3 is 9.64 Å². The molecule has 1 amide bonds. The molecule has 0 N–H and O–H groups in total. The first-order valence-electron chi connectivity index (χ1n) is 6.60. The van der Waals surface area contributed by atoms with E-state index in [9.17, 15) is 4.79 Å². The Kier molecular flexibility index (Phi) is 3.90. The number of benzene rings is 1. The molecular weight excluding hydrogens is 226 g/mol.